The molecule has 0 aromatic carbocycles. The topological polar surface area (TPSA) is 6.48 Å². The van der Waals surface area contributed by atoms with Crippen molar-refractivity contribution in [1.29, 1.82) is 0 Å². The monoisotopic (exact) mass is 220 g/mol. The van der Waals surface area contributed by atoms with Crippen molar-refractivity contribution in [1.82, 2.24) is 9.80 Å². The van der Waals surface area contributed by atoms with Crippen molar-refractivity contribution in [3.8, 4) is 0 Å². The minimum Gasteiger partial charge on any atom is -0.378 e. The molecule has 0 aromatic rings. The highest BCUT2D eigenvalue weighted by molar-refractivity contribution is 4.98. The lowest BCUT2D eigenvalue weighted by Gasteiger charge is -2.41. The van der Waals surface area contributed by atoms with Gasteiger partial charge in [0.15, 0.2) is 0 Å². The Labute approximate surface area is 99.3 Å². The lowest BCUT2D eigenvalue weighted by molar-refractivity contribution is 0.0848. The second kappa shape index (κ2) is 4.06. The van der Waals surface area contributed by atoms with E-state index in [0.717, 1.165) is 11.5 Å². The third-order valence-electron chi connectivity index (χ3n) is 5.09. The molecule has 3 aliphatic rings. The Morgan fingerprint density at radius 3 is 2.06 bits per heavy atom. The second-order valence-corrected chi connectivity index (χ2v) is 5.99. The highest BCUT2D eigenvalue weighted by Crippen LogP contribution is 2.53. The molecule has 90 valence electrons. The number of nitrogens with zero attached hydrogens (tertiary/aromatic N) is 2. The summed E-state index contributed by atoms with van der Waals surface area (Å²) in [6.07, 6.45) is 10.7. The van der Waals surface area contributed by atoms with Gasteiger partial charge in [0.05, 0.1) is 0 Å². The van der Waals surface area contributed by atoms with Crippen LogP contribution in [0.3, 0.4) is 0 Å². The molecule has 2 aliphatic heterocycles. The van der Waals surface area contributed by atoms with Gasteiger partial charge < -0.3 is 9.80 Å². The molecule has 0 unspecified atom stereocenters. The highest BCUT2D eigenvalue weighted by atomic mass is 15.2. The minimum atomic E-state index is 0.832. The fourth-order valence-corrected chi connectivity index (χ4v) is 3.47. The van der Waals surface area contributed by atoms with E-state index in [2.05, 4.69) is 16.4 Å². The van der Waals surface area contributed by atoms with Crippen molar-refractivity contribution >= 4 is 0 Å². The third kappa shape index (κ3) is 2.00. The van der Waals surface area contributed by atoms with E-state index in [1.807, 2.05) is 6.20 Å². The Bertz CT molecular complexity index is 252. The van der Waals surface area contributed by atoms with E-state index in [1.165, 1.54) is 64.7 Å². The van der Waals surface area contributed by atoms with Crippen LogP contribution in [0.1, 0.15) is 38.5 Å². The van der Waals surface area contributed by atoms with Gasteiger partial charge in [-0.25, -0.2) is 0 Å². The second-order valence-electron chi connectivity index (χ2n) is 5.99. The van der Waals surface area contributed by atoms with E-state index in [-0.39, 0.29) is 0 Å². The molecule has 2 heteroatoms. The molecule has 1 aliphatic carbocycles. The standard InChI is InChI=1S/C14H24N2/c1-2-15-9-3-13(4-10-15)16-11-7-14(5-6-14)8-12-16/h2,13H,1,3-12H2. The van der Waals surface area contributed by atoms with Crippen molar-refractivity contribution in [2.24, 2.45) is 5.41 Å². The first kappa shape index (κ1) is 10.6. The summed E-state index contributed by atoms with van der Waals surface area (Å²) < 4.78 is 0. The van der Waals surface area contributed by atoms with Crippen molar-refractivity contribution in [3.05, 3.63) is 12.8 Å². The van der Waals surface area contributed by atoms with Crippen LogP contribution < -0.4 is 0 Å². The van der Waals surface area contributed by atoms with Gasteiger partial charge in [-0.05, 0) is 63.2 Å². The summed E-state index contributed by atoms with van der Waals surface area (Å²) in [5.41, 5.74) is 0.832. The normalized spacial score (nSPS) is 30.6. The fraction of sp³-hybridized carbons (Fsp3) is 0.857. The lowest BCUT2D eigenvalue weighted by atomic mass is 9.91. The average molecular weight is 220 g/mol. The average Bonchev–Trinajstić information content (AvgIpc) is 3.10. The number of piperidine rings is 2. The summed E-state index contributed by atoms with van der Waals surface area (Å²) in [5.74, 6) is 0. The molecule has 0 bridgehead atoms. The fourth-order valence-electron chi connectivity index (χ4n) is 3.47. The molecule has 0 aromatic heterocycles. The Kier molecular flexibility index (Phi) is 2.70. The summed E-state index contributed by atoms with van der Waals surface area (Å²) in [5, 5.41) is 0. The summed E-state index contributed by atoms with van der Waals surface area (Å²) in [6.45, 7) is 9.05. The summed E-state index contributed by atoms with van der Waals surface area (Å²) in [6, 6.07) is 0.868. The smallest absolute Gasteiger partial charge is 0.0187 e. The van der Waals surface area contributed by atoms with Gasteiger partial charge in [0.25, 0.3) is 0 Å². The van der Waals surface area contributed by atoms with Crippen LogP contribution in [0.25, 0.3) is 0 Å². The van der Waals surface area contributed by atoms with Crippen molar-refractivity contribution < 1.29 is 0 Å². The molecule has 16 heavy (non-hydrogen) atoms. The van der Waals surface area contributed by atoms with Crippen molar-refractivity contribution in [3.63, 3.8) is 0 Å². The first-order valence-electron chi connectivity index (χ1n) is 6.92. The number of rotatable bonds is 2. The molecular weight excluding hydrogens is 196 g/mol. The van der Waals surface area contributed by atoms with Gasteiger partial charge in [-0.2, -0.15) is 0 Å². The van der Waals surface area contributed by atoms with Gasteiger partial charge in [0.2, 0.25) is 0 Å². The van der Waals surface area contributed by atoms with Gasteiger partial charge in [0, 0.05) is 19.1 Å². The predicted molar refractivity (Wildman–Crippen MR) is 67.3 cm³/mol. The van der Waals surface area contributed by atoms with Gasteiger partial charge in [-0.1, -0.05) is 6.58 Å². The Morgan fingerprint density at radius 1 is 0.938 bits per heavy atom. The quantitative estimate of drug-likeness (QED) is 0.705. The molecule has 0 N–H and O–H groups in total. The molecule has 2 saturated heterocycles. The van der Waals surface area contributed by atoms with Gasteiger partial charge in [0.1, 0.15) is 0 Å². The molecule has 1 saturated carbocycles. The maximum atomic E-state index is 3.86. The maximum absolute atomic E-state index is 3.86. The molecule has 3 rings (SSSR count). The van der Waals surface area contributed by atoms with Crippen LogP contribution in [0.15, 0.2) is 12.8 Å². The molecule has 2 nitrogen and oxygen atoms in total. The van der Waals surface area contributed by atoms with Gasteiger partial charge in [-0.3, -0.25) is 0 Å². The zero-order valence-electron chi connectivity index (χ0n) is 10.3. The van der Waals surface area contributed by atoms with E-state index >= 15 is 0 Å². The van der Waals surface area contributed by atoms with Crippen molar-refractivity contribution in [2.45, 2.75) is 44.6 Å². The SMILES string of the molecule is C=CN1CCC(N2CCC3(CC2)CC3)CC1. The van der Waals surface area contributed by atoms with E-state index in [0.29, 0.717) is 0 Å². The van der Waals surface area contributed by atoms with E-state index < -0.39 is 0 Å². The highest BCUT2D eigenvalue weighted by Gasteiger charge is 2.45. The number of likely N-dealkylation sites (tertiary alicyclic amines) is 2. The van der Waals surface area contributed by atoms with Crippen LogP contribution in [0, 0.1) is 5.41 Å². The number of hydrogen-bond donors (Lipinski definition) is 0. The third-order valence-corrected chi connectivity index (χ3v) is 5.09. The molecule has 2 heterocycles. The summed E-state index contributed by atoms with van der Waals surface area (Å²) in [4.78, 5) is 5.13. The first-order chi connectivity index (χ1) is 7.81. The minimum absolute atomic E-state index is 0.832. The largest absolute Gasteiger partial charge is 0.378 e. The van der Waals surface area contributed by atoms with E-state index in [9.17, 15) is 0 Å². The molecule has 3 fully saturated rings. The van der Waals surface area contributed by atoms with Crippen LogP contribution in [0.2, 0.25) is 0 Å². The summed E-state index contributed by atoms with van der Waals surface area (Å²) >= 11 is 0. The molecular formula is C14H24N2. The molecule has 0 atom stereocenters. The van der Waals surface area contributed by atoms with Crippen LogP contribution in [0.4, 0.5) is 0 Å². The van der Waals surface area contributed by atoms with Gasteiger partial charge in [-0.15, -0.1) is 0 Å². The molecule has 1 spiro atoms. The first-order valence-corrected chi connectivity index (χ1v) is 6.92. The van der Waals surface area contributed by atoms with E-state index in [1.54, 1.807) is 0 Å². The zero-order chi connectivity index (χ0) is 11.0. The Balaban J connectivity index is 1.49. The Hall–Kier alpha value is -0.500. The van der Waals surface area contributed by atoms with Crippen LogP contribution >= 0.6 is 0 Å². The van der Waals surface area contributed by atoms with Crippen LogP contribution in [-0.2, 0) is 0 Å². The summed E-state index contributed by atoms with van der Waals surface area (Å²) in [7, 11) is 0. The zero-order valence-corrected chi connectivity index (χ0v) is 10.3. The van der Waals surface area contributed by atoms with Crippen molar-refractivity contribution in [2.75, 3.05) is 26.2 Å². The predicted octanol–water partition coefficient (Wildman–Crippen LogP) is 2.47. The van der Waals surface area contributed by atoms with E-state index in [4.69, 9.17) is 0 Å². The van der Waals surface area contributed by atoms with Gasteiger partial charge >= 0.3 is 0 Å². The van der Waals surface area contributed by atoms with Crippen LogP contribution in [-0.4, -0.2) is 42.0 Å². The maximum Gasteiger partial charge on any atom is 0.0187 e. The lowest BCUT2D eigenvalue weighted by Crippen LogP contribution is -2.47. The molecule has 0 amide bonds. The van der Waals surface area contributed by atoms with Crippen LogP contribution in [0.5, 0.6) is 0 Å². The number of hydrogen-bond acceptors (Lipinski definition) is 2. The molecule has 0 radical (unpaired) electrons. The Morgan fingerprint density at radius 2 is 1.56 bits per heavy atom.